The molecule has 0 amide bonds. The second-order valence-corrected chi connectivity index (χ2v) is 3.29. The van der Waals surface area contributed by atoms with Crippen molar-refractivity contribution in [3.8, 4) is 0 Å². The van der Waals surface area contributed by atoms with Crippen molar-refractivity contribution >= 4 is 17.6 Å². The normalized spacial score (nSPS) is 12.2. The number of alkyl halides is 1. The van der Waals surface area contributed by atoms with Crippen molar-refractivity contribution in [1.29, 1.82) is 0 Å². The van der Waals surface area contributed by atoms with E-state index in [1.165, 1.54) is 0 Å². The summed E-state index contributed by atoms with van der Waals surface area (Å²) in [5, 5.41) is -0.348. The number of ether oxygens (including phenoxy) is 1. The molecule has 0 saturated carbocycles. The predicted molar refractivity (Wildman–Crippen MR) is 50.3 cm³/mol. The summed E-state index contributed by atoms with van der Waals surface area (Å²) < 4.78 is 4.88. The molecule has 0 aliphatic rings. The van der Waals surface area contributed by atoms with Crippen molar-refractivity contribution in [2.75, 3.05) is 6.61 Å². The van der Waals surface area contributed by atoms with Crippen molar-refractivity contribution in [2.24, 2.45) is 0 Å². The van der Waals surface area contributed by atoms with E-state index in [2.05, 4.69) is 6.58 Å². The molecular weight excluding hydrogens is 176 g/mol. The Morgan fingerprint density at radius 1 is 1.67 bits per heavy atom. The fraction of sp³-hybridized carbons (Fsp3) is 0.667. The Morgan fingerprint density at radius 3 is 2.67 bits per heavy atom. The first-order valence-corrected chi connectivity index (χ1v) is 4.53. The van der Waals surface area contributed by atoms with E-state index in [-0.39, 0.29) is 11.3 Å². The lowest BCUT2D eigenvalue weighted by atomic mass is 10.2. The van der Waals surface area contributed by atoms with E-state index in [0.29, 0.717) is 12.2 Å². The highest BCUT2D eigenvalue weighted by molar-refractivity contribution is 6.24. The van der Waals surface area contributed by atoms with Gasteiger partial charge in [-0.15, -0.1) is 11.6 Å². The van der Waals surface area contributed by atoms with Crippen LogP contribution in [-0.2, 0) is 9.53 Å². The molecule has 0 aromatic carbocycles. The Hall–Kier alpha value is -0.500. The number of esters is 1. The molecule has 0 bridgehead atoms. The first kappa shape index (κ1) is 11.5. The van der Waals surface area contributed by atoms with Crippen molar-refractivity contribution in [3.05, 3.63) is 12.2 Å². The van der Waals surface area contributed by atoms with Crippen molar-refractivity contribution < 1.29 is 9.53 Å². The maximum atomic E-state index is 11.1. The third kappa shape index (κ3) is 4.39. The zero-order valence-corrected chi connectivity index (χ0v) is 8.36. The van der Waals surface area contributed by atoms with Crippen LogP contribution in [0, 0.1) is 0 Å². The molecule has 0 aromatic rings. The van der Waals surface area contributed by atoms with Gasteiger partial charge in [0, 0.05) is 5.57 Å². The van der Waals surface area contributed by atoms with Crippen molar-refractivity contribution in [1.82, 2.24) is 0 Å². The van der Waals surface area contributed by atoms with Crippen LogP contribution in [0.3, 0.4) is 0 Å². The standard InChI is InChI=1S/C9H15ClO2/c1-4-5-6-12-9(11)7(2)8(3)10/h8H,2,4-6H2,1,3H3. The number of carbonyl (C=O) groups excluding carboxylic acids is 1. The maximum absolute atomic E-state index is 11.1. The Kier molecular flexibility index (Phi) is 5.81. The first-order chi connectivity index (χ1) is 5.59. The van der Waals surface area contributed by atoms with Crippen molar-refractivity contribution in [3.63, 3.8) is 0 Å². The first-order valence-electron chi connectivity index (χ1n) is 4.09. The molecule has 70 valence electrons. The average molecular weight is 191 g/mol. The number of unbranched alkanes of at least 4 members (excludes halogenated alkanes) is 1. The average Bonchev–Trinajstić information content (AvgIpc) is 2.03. The van der Waals surface area contributed by atoms with Crippen LogP contribution in [0.5, 0.6) is 0 Å². The summed E-state index contributed by atoms with van der Waals surface area (Å²) in [6, 6.07) is 0. The van der Waals surface area contributed by atoms with Crippen LogP contribution in [0.1, 0.15) is 26.7 Å². The summed E-state index contributed by atoms with van der Waals surface area (Å²) in [6.07, 6.45) is 1.89. The summed E-state index contributed by atoms with van der Waals surface area (Å²) in [6.45, 7) is 7.72. The molecule has 12 heavy (non-hydrogen) atoms. The molecule has 0 N–H and O–H groups in total. The molecule has 0 rings (SSSR count). The van der Waals surface area contributed by atoms with Gasteiger partial charge in [0.25, 0.3) is 0 Å². The molecule has 0 spiro atoms. The molecule has 2 nitrogen and oxygen atoms in total. The number of halogens is 1. The van der Waals surface area contributed by atoms with Gasteiger partial charge in [0.05, 0.1) is 12.0 Å². The highest BCUT2D eigenvalue weighted by Crippen LogP contribution is 2.08. The lowest BCUT2D eigenvalue weighted by Gasteiger charge is -2.07. The van der Waals surface area contributed by atoms with E-state index in [1.807, 2.05) is 6.92 Å². The molecule has 0 saturated heterocycles. The van der Waals surface area contributed by atoms with E-state index in [4.69, 9.17) is 16.3 Å². The predicted octanol–water partition coefficient (Wildman–Crippen LogP) is 2.51. The highest BCUT2D eigenvalue weighted by atomic mass is 35.5. The van der Waals surface area contributed by atoms with Crippen LogP contribution < -0.4 is 0 Å². The molecular formula is C9H15ClO2. The Balaban J connectivity index is 3.65. The van der Waals surface area contributed by atoms with Gasteiger partial charge in [0.2, 0.25) is 0 Å². The van der Waals surface area contributed by atoms with Crippen LogP contribution in [0.25, 0.3) is 0 Å². The molecule has 0 aromatic heterocycles. The number of rotatable bonds is 5. The van der Waals surface area contributed by atoms with Gasteiger partial charge in [-0.05, 0) is 13.3 Å². The number of hydrogen-bond donors (Lipinski definition) is 0. The molecule has 1 unspecified atom stereocenters. The Labute approximate surface area is 78.5 Å². The molecule has 0 fully saturated rings. The fourth-order valence-electron chi connectivity index (χ4n) is 0.564. The van der Waals surface area contributed by atoms with Gasteiger partial charge in [-0.3, -0.25) is 0 Å². The SMILES string of the molecule is C=C(C(=O)OCCCC)C(C)Cl. The van der Waals surface area contributed by atoms with Gasteiger partial charge >= 0.3 is 5.97 Å². The summed E-state index contributed by atoms with van der Waals surface area (Å²) in [5.41, 5.74) is 0.327. The van der Waals surface area contributed by atoms with Crippen molar-refractivity contribution in [2.45, 2.75) is 32.1 Å². The fourth-order valence-corrected chi connectivity index (χ4v) is 0.653. The lowest BCUT2D eigenvalue weighted by molar-refractivity contribution is -0.139. The molecule has 0 aliphatic carbocycles. The topological polar surface area (TPSA) is 26.3 Å². The van der Waals surface area contributed by atoms with Crippen LogP contribution in [0.15, 0.2) is 12.2 Å². The largest absolute Gasteiger partial charge is 0.462 e. The van der Waals surface area contributed by atoms with E-state index in [0.717, 1.165) is 12.8 Å². The number of carbonyl (C=O) groups is 1. The highest BCUT2D eigenvalue weighted by Gasteiger charge is 2.12. The molecule has 0 aliphatic heterocycles. The summed E-state index contributed by atoms with van der Waals surface area (Å²) in [7, 11) is 0. The monoisotopic (exact) mass is 190 g/mol. The molecule has 0 radical (unpaired) electrons. The summed E-state index contributed by atoms with van der Waals surface area (Å²) in [5.74, 6) is -0.383. The third-order valence-corrected chi connectivity index (χ3v) is 1.74. The maximum Gasteiger partial charge on any atom is 0.334 e. The van der Waals surface area contributed by atoms with Crippen LogP contribution in [0.2, 0.25) is 0 Å². The van der Waals surface area contributed by atoms with Gasteiger partial charge in [-0.2, -0.15) is 0 Å². The van der Waals surface area contributed by atoms with Gasteiger partial charge in [0.15, 0.2) is 0 Å². The number of hydrogen-bond acceptors (Lipinski definition) is 2. The second kappa shape index (κ2) is 6.06. The van der Waals surface area contributed by atoms with Gasteiger partial charge in [-0.1, -0.05) is 19.9 Å². The quantitative estimate of drug-likeness (QED) is 0.288. The minimum atomic E-state index is -0.383. The minimum absolute atomic E-state index is 0.327. The third-order valence-electron chi connectivity index (χ3n) is 1.47. The second-order valence-electron chi connectivity index (χ2n) is 2.63. The van der Waals surface area contributed by atoms with Crippen LogP contribution in [0.4, 0.5) is 0 Å². The van der Waals surface area contributed by atoms with Crippen LogP contribution in [-0.4, -0.2) is 18.0 Å². The lowest BCUT2D eigenvalue weighted by Crippen LogP contribution is -2.13. The molecule has 1 atom stereocenters. The zero-order valence-electron chi connectivity index (χ0n) is 7.60. The van der Waals surface area contributed by atoms with E-state index >= 15 is 0 Å². The minimum Gasteiger partial charge on any atom is -0.462 e. The van der Waals surface area contributed by atoms with Gasteiger partial charge in [-0.25, -0.2) is 4.79 Å². The van der Waals surface area contributed by atoms with E-state index in [9.17, 15) is 4.79 Å². The van der Waals surface area contributed by atoms with E-state index in [1.54, 1.807) is 6.92 Å². The van der Waals surface area contributed by atoms with E-state index < -0.39 is 0 Å². The van der Waals surface area contributed by atoms with Gasteiger partial charge < -0.3 is 4.74 Å². The molecule has 3 heteroatoms. The zero-order chi connectivity index (χ0) is 9.56. The Bertz CT molecular complexity index is 164. The van der Waals surface area contributed by atoms with Crippen LogP contribution >= 0.6 is 11.6 Å². The summed E-state index contributed by atoms with van der Waals surface area (Å²) in [4.78, 5) is 11.1. The Morgan fingerprint density at radius 2 is 2.25 bits per heavy atom. The smallest absolute Gasteiger partial charge is 0.334 e. The molecule has 0 heterocycles. The summed E-state index contributed by atoms with van der Waals surface area (Å²) >= 11 is 5.64. The van der Waals surface area contributed by atoms with Gasteiger partial charge in [0.1, 0.15) is 0 Å².